The van der Waals surface area contributed by atoms with Gasteiger partial charge < -0.3 is 0 Å². The van der Waals surface area contributed by atoms with E-state index in [1.54, 1.807) is 6.20 Å². The Morgan fingerprint density at radius 2 is 2.46 bits per heavy atom. The summed E-state index contributed by atoms with van der Waals surface area (Å²) < 4.78 is 0. The van der Waals surface area contributed by atoms with E-state index in [-0.39, 0.29) is 5.38 Å². The number of alkyl halides is 1. The zero-order chi connectivity index (χ0) is 9.10. The number of hydrogen-bond acceptors (Lipinski definition) is 1. The average Bonchev–Trinajstić information content (AvgIpc) is 2.53. The molecule has 2 heteroatoms. The first kappa shape index (κ1) is 8.76. The molecule has 0 amide bonds. The lowest BCUT2D eigenvalue weighted by Gasteiger charge is -1.99. The summed E-state index contributed by atoms with van der Waals surface area (Å²) in [6.45, 7) is 0. The molecule has 0 saturated carbocycles. The van der Waals surface area contributed by atoms with Crippen LogP contribution in [0.2, 0.25) is 0 Å². The van der Waals surface area contributed by atoms with Crippen molar-refractivity contribution in [1.82, 2.24) is 4.98 Å². The van der Waals surface area contributed by atoms with Gasteiger partial charge in [0.1, 0.15) is 0 Å². The van der Waals surface area contributed by atoms with Crippen LogP contribution >= 0.6 is 11.6 Å². The number of nitrogens with zero attached hydrogens (tertiary/aromatic N) is 1. The van der Waals surface area contributed by atoms with E-state index in [0.29, 0.717) is 0 Å². The second-order valence-corrected chi connectivity index (χ2v) is 3.98. The van der Waals surface area contributed by atoms with Crippen molar-refractivity contribution in [2.75, 3.05) is 0 Å². The monoisotopic (exact) mass is 193 g/mol. The molecular weight excluding hydrogens is 182 g/mol. The van der Waals surface area contributed by atoms with E-state index in [1.165, 1.54) is 11.1 Å². The summed E-state index contributed by atoms with van der Waals surface area (Å²) in [5.41, 5.74) is 2.73. The van der Waals surface area contributed by atoms with E-state index in [0.717, 1.165) is 19.3 Å². The molecule has 0 aliphatic heterocycles. The normalized spacial score (nSPS) is 21.6. The fourth-order valence-electron chi connectivity index (χ4n) is 1.66. The molecule has 0 aromatic carbocycles. The Balaban J connectivity index is 2.03. The number of allylic oxidation sites excluding steroid dienone is 2. The third-order valence-electron chi connectivity index (χ3n) is 2.31. The van der Waals surface area contributed by atoms with Gasteiger partial charge in [0.2, 0.25) is 0 Å². The van der Waals surface area contributed by atoms with Crippen molar-refractivity contribution in [1.29, 1.82) is 0 Å². The standard InChI is InChI=1S/C11H12ClN/c12-11-4-3-9(7-11)6-10-2-1-5-13-8-10/h1-2,5,7-8,11H,3-4,6H2. The Morgan fingerprint density at radius 1 is 1.54 bits per heavy atom. The highest BCUT2D eigenvalue weighted by Crippen LogP contribution is 2.25. The summed E-state index contributed by atoms with van der Waals surface area (Å²) in [5, 5.41) is 0.256. The molecule has 1 aromatic heterocycles. The van der Waals surface area contributed by atoms with Crippen LogP contribution in [0.5, 0.6) is 0 Å². The summed E-state index contributed by atoms with van der Waals surface area (Å²) in [6.07, 6.45) is 9.14. The third kappa shape index (κ3) is 2.31. The molecule has 13 heavy (non-hydrogen) atoms. The molecule has 0 fully saturated rings. The van der Waals surface area contributed by atoms with Crippen LogP contribution in [0.1, 0.15) is 18.4 Å². The molecule has 0 saturated heterocycles. The van der Waals surface area contributed by atoms with Gasteiger partial charge in [-0.25, -0.2) is 0 Å². The van der Waals surface area contributed by atoms with E-state index in [1.807, 2.05) is 12.3 Å². The number of pyridine rings is 1. The predicted molar refractivity (Wildman–Crippen MR) is 54.9 cm³/mol. The molecule has 1 atom stereocenters. The van der Waals surface area contributed by atoms with Crippen molar-refractivity contribution in [3.05, 3.63) is 41.7 Å². The van der Waals surface area contributed by atoms with Crippen molar-refractivity contribution in [2.24, 2.45) is 0 Å². The highest BCUT2D eigenvalue weighted by atomic mass is 35.5. The highest BCUT2D eigenvalue weighted by Gasteiger charge is 2.12. The van der Waals surface area contributed by atoms with Crippen molar-refractivity contribution < 1.29 is 0 Å². The van der Waals surface area contributed by atoms with Crippen LogP contribution in [0, 0.1) is 0 Å². The summed E-state index contributed by atoms with van der Waals surface area (Å²) in [6, 6.07) is 4.08. The molecule has 1 aliphatic carbocycles. The quantitative estimate of drug-likeness (QED) is 0.520. The van der Waals surface area contributed by atoms with Crippen LogP contribution in [0.4, 0.5) is 0 Å². The van der Waals surface area contributed by atoms with Crippen LogP contribution in [0.15, 0.2) is 36.2 Å². The molecule has 1 heterocycles. The fourth-order valence-corrected chi connectivity index (χ4v) is 1.95. The predicted octanol–water partition coefficient (Wildman–Crippen LogP) is 2.95. The van der Waals surface area contributed by atoms with Gasteiger partial charge in [-0.1, -0.05) is 17.7 Å². The highest BCUT2D eigenvalue weighted by molar-refractivity contribution is 6.22. The molecule has 68 valence electrons. The molecule has 1 aliphatic rings. The first-order valence-corrected chi connectivity index (χ1v) is 5.01. The minimum Gasteiger partial charge on any atom is -0.264 e. The van der Waals surface area contributed by atoms with Gasteiger partial charge in [-0.3, -0.25) is 4.98 Å². The topological polar surface area (TPSA) is 12.9 Å². The lowest BCUT2D eigenvalue weighted by molar-refractivity contribution is 0.890. The Morgan fingerprint density at radius 3 is 3.08 bits per heavy atom. The first-order chi connectivity index (χ1) is 6.34. The molecule has 0 spiro atoms. The fraction of sp³-hybridized carbons (Fsp3) is 0.364. The molecule has 1 unspecified atom stereocenters. The Kier molecular flexibility index (Phi) is 2.65. The van der Waals surface area contributed by atoms with Crippen LogP contribution in [-0.4, -0.2) is 10.4 Å². The van der Waals surface area contributed by atoms with Crippen LogP contribution in [0.25, 0.3) is 0 Å². The smallest absolute Gasteiger partial charge is 0.0521 e. The van der Waals surface area contributed by atoms with Crippen LogP contribution in [-0.2, 0) is 6.42 Å². The minimum atomic E-state index is 0.256. The summed E-state index contributed by atoms with van der Waals surface area (Å²) in [4.78, 5) is 4.09. The number of hydrogen-bond donors (Lipinski definition) is 0. The Hall–Kier alpha value is -0.820. The zero-order valence-electron chi connectivity index (χ0n) is 7.41. The first-order valence-electron chi connectivity index (χ1n) is 4.57. The maximum Gasteiger partial charge on any atom is 0.0521 e. The molecule has 1 nitrogen and oxygen atoms in total. The van der Waals surface area contributed by atoms with Gasteiger partial charge in [0, 0.05) is 12.4 Å². The Bertz CT molecular complexity index is 305. The van der Waals surface area contributed by atoms with Gasteiger partial charge in [0.25, 0.3) is 0 Å². The van der Waals surface area contributed by atoms with E-state index >= 15 is 0 Å². The summed E-state index contributed by atoms with van der Waals surface area (Å²) in [5.74, 6) is 0. The lowest BCUT2D eigenvalue weighted by Crippen LogP contribution is -1.87. The lowest BCUT2D eigenvalue weighted by atomic mass is 10.1. The van der Waals surface area contributed by atoms with Gasteiger partial charge in [0.05, 0.1) is 5.38 Å². The van der Waals surface area contributed by atoms with Gasteiger partial charge in [-0.05, 0) is 30.9 Å². The summed E-state index contributed by atoms with van der Waals surface area (Å²) in [7, 11) is 0. The second kappa shape index (κ2) is 3.93. The van der Waals surface area contributed by atoms with E-state index in [9.17, 15) is 0 Å². The van der Waals surface area contributed by atoms with Crippen LogP contribution in [0.3, 0.4) is 0 Å². The molecule has 0 N–H and O–H groups in total. The van der Waals surface area contributed by atoms with Gasteiger partial charge in [-0.15, -0.1) is 11.6 Å². The van der Waals surface area contributed by atoms with E-state index in [4.69, 9.17) is 11.6 Å². The number of rotatable bonds is 2. The molecular formula is C11H12ClN. The minimum absolute atomic E-state index is 0.256. The molecule has 2 rings (SSSR count). The van der Waals surface area contributed by atoms with Crippen LogP contribution < -0.4 is 0 Å². The maximum atomic E-state index is 5.98. The van der Waals surface area contributed by atoms with Gasteiger partial charge >= 0.3 is 0 Å². The van der Waals surface area contributed by atoms with Crippen molar-refractivity contribution in [2.45, 2.75) is 24.6 Å². The molecule has 0 bridgehead atoms. The van der Waals surface area contributed by atoms with Crippen molar-refractivity contribution in [3.8, 4) is 0 Å². The SMILES string of the molecule is ClC1C=C(Cc2cccnc2)CC1. The Labute approximate surface area is 83.4 Å². The maximum absolute atomic E-state index is 5.98. The van der Waals surface area contributed by atoms with Crippen molar-refractivity contribution >= 4 is 11.6 Å². The third-order valence-corrected chi connectivity index (χ3v) is 2.66. The van der Waals surface area contributed by atoms with Gasteiger partial charge in [-0.2, -0.15) is 0 Å². The largest absolute Gasteiger partial charge is 0.264 e. The number of aromatic nitrogens is 1. The molecule has 1 aromatic rings. The summed E-state index contributed by atoms with van der Waals surface area (Å²) >= 11 is 5.98. The molecule has 0 radical (unpaired) electrons. The van der Waals surface area contributed by atoms with E-state index < -0.39 is 0 Å². The average molecular weight is 194 g/mol. The van der Waals surface area contributed by atoms with Gasteiger partial charge in [0.15, 0.2) is 0 Å². The zero-order valence-corrected chi connectivity index (χ0v) is 8.17. The number of halogens is 1. The van der Waals surface area contributed by atoms with E-state index in [2.05, 4.69) is 17.1 Å². The second-order valence-electron chi connectivity index (χ2n) is 3.42. The van der Waals surface area contributed by atoms with Crippen molar-refractivity contribution in [3.63, 3.8) is 0 Å².